The molecule has 82 valence electrons. The minimum atomic E-state index is -0.289. The van der Waals surface area contributed by atoms with Crippen molar-refractivity contribution in [3.8, 4) is 5.75 Å². The first-order chi connectivity index (χ1) is 7.22. The molecule has 1 heterocycles. The van der Waals surface area contributed by atoms with E-state index < -0.39 is 0 Å². The van der Waals surface area contributed by atoms with Crippen molar-refractivity contribution in [3.63, 3.8) is 0 Å². The Labute approximate surface area is 88.1 Å². The van der Waals surface area contributed by atoms with E-state index in [-0.39, 0.29) is 18.5 Å². The highest BCUT2D eigenvalue weighted by molar-refractivity contribution is 5.60. The van der Waals surface area contributed by atoms with Gasteiger partial charge in [0, 0.05) is 19.7 Å². The Hall–Kier alpha value is -1.29. The van der Waals surface area contributed by atoms with Gasteiger partial charge in [-0.05, 0) is 18.6 Å². The fourth-order valence-corrected chi connectivity index (χ4v) is 1.82. The molecule has 0 saturated carbocycles. The van der Waals surface area contributed by atoms with Gasteiger partial charge in [0.1, 0.15) is 18.2 Å². The molecular weight excluding hydrogens is 197 g/mol. The average molecular weight is 211 g/mol. The largest absolute Gasteiger partial charge is 0.489 e. The third-order valence-electron chi connectivity index (χ3n) is 2.74. The molecule has 0 aliphatic carbocycles. The van der Waals surface area contributed by atoms with Gasteiger partial charge in [-0.25, -0.2) is 4.39 Å². The van der Waals surface area contributed by atoms with Crippen LogP contribution in [0, 0.1) is 5.82 Å². The van der Waals surface area contributed by atoms with Crippen LogP contribution < -0.4 is 9.64 Å². The van der Waals surface area contributed by atoms with Crippen LogP contribution in [0.2, 0.25) is 0 Å². The summed E-state index contributed by atoms with van der Waals surface area (Å²) in [5, 5.41) is 8.89. The van der Waals surface area contributed by atoms with Crippen LogP contribution in [0.1, 0.15) is 6.42 Å². The molecule has 2 rings (SSSR count). The summed E-state index contributed by atoms with van der Waals surface area (Å²) in [4.78, 5) is 2.02. The van der Waals surface area contributed by atoms with Gasteiger partial charge in [0.2, 0.25) is 0 Å². The second-order valence-electron chi connectivity index (χ2n) is 3.70. The first kappa shape index (κ1) is 10.2. The number of aliphatic hydroxyl groups is 1. The highest BCUT2D eigenvalue weighted by Crippen LogP contribution is 2.33. The van der Waals surface area contributed by atoms with Crippen LogP contribution in [0.4, 0.5) is 10.1 Å². The molecule has 1 aliphatic rings. The number of fused-ring (bicyclic) bond motifs is 1. The van der Waals surface area contributed by atoms with Crippen LogP contribution in [-0.4, -0.2) is 31.4 Å². The number of aliphatic hydroxyl groups excluding tert-OH is 1. The molecule has 0 bridgehead atoms. The van der Waals surface area contributed by atoms with E-state index in [1.807, 2.05) is 11.9 Å². The van der Waals surface area contributed by atoms with E-state index in [1.54, 1.807) is 6.07 Å². The summed E-state index contributed by atoms with van der Waals surface area (Å²) in [6.45, 7) is 0.627. The van der Waals surface area contributed by atoms with E-state index in [0.29, 0.717) is 18.8 Å². The van der Waals surface area contributed by atoms with Crippen LogP contribution >= 0.6 is 0 Å². The van der Waals surface area contributed by atoms with E-state index >= 15 is 0 Å². The molecule has 1 unspecified atom stereocenters. The quantitative estimate of drug-likeness (QED) is 0.802. The zero-order valence-electron chi connectivity index (χ0n) is 8.61. The van der Waals surface area contributed by atoms with Crippen molar-refractivity contribution in [1.29, 1.82) is 0 Å². The summed E-state index contributed by atoms with van der Waals surface area (Å²) in [5.74, 6) is 0.287. The number of hydrogen-bond donors (Lipinski definition) is 1. The molecule has 1 aromatic carbocycles. The first-order valence-electron chi connectivity index (χ1n) is 4.98. The molecule has 0 aromatic heterocycles. The van der Waals surface area contributed by atoms with Gasteiger partial charge >= 0.3 is 0 Å². The van der Waals surface area contributed by atoms with Gasteiger partial charge in [-0.15, -0.1) is 0 Å². The Kier molecular flexibility index (Phi) is 2.77. The Morgan fingerprint density at radius 3 is 3.13 bits per heavy atom. The van der Waals surface area contributed by atoms with Crippen LogP contribution in [0.15, 0.2) is 18.2 Å². The van der Waals surface area contributed by atoms with Crippen LogP contribution in [0.5, 0.6) is 5.75 Å². The van der Waals surface area contributed by atoms with Crippen molar-refractivity contribution in [2.24, 2.45) is 0 Å². The van der Waals surface area contributed by atoms with Gasteiger partial charge in [0.05, 0.1) is 11.7 Å². The Morgan fingerprint density at radius 1 is 1.60 bits per heavy atom. The van der Waals surface area contributed by atoms with Crippen LogP contribution in [0.25, 0.3) is 0 Å². The molecule has 15 heavy (non-hydrogen) atoms. The molecule has 0 spiro atoms. The van der Waals surface area contributed by atoms with Crippen molar-refractivity contribution in [3.05, 3.63) is 24.0 Å². The number of anilines is 1. The SMILES string of the molecule is CN1c2ccc(F)cc2OCC1CCO. The molecule has 0 fully saturated rings. The fourth-order valence-electron chi connectivity index (χ4n) is 1.82. The van der Waals surface area contributed by atoms with Crippen molar-refractivity contribution in [2.45, 2.75) is 12.5 Å². The van der Waals surface area contributed by atoms with E-state index in [2.05, 4.69) is 0 Å². The van der Waals surface area contributed by atoms with Gasteiger partial charge in [0.15, 0.2) is 0 Å². The maximum absolute atomic E-state index is 12.9. The Bertz CT molecular complexity index is 356. The van der Waals surface area contributed by atoms with Gasteiger partial charge in [-0.1, -0.05) is 0 Å². The standard InChI is InChI=1S/C11H14FNO2/c1-13-9(4-5-14)7-15-11-6-8(12)2-3-10(11)13/h2-3,6,9,14H,4-5,7H2,1H3. The monoisotopic (exact) mass is 211 g/mol. The third kappa shape index (κ3) is 1.90. The summed E-state index contributed by atoms with van der Waals surface area (Å²) in [6.07, 6.45) is 0.660. The molecule has 1 N–H and O–H groups in total. The average Bonchev–Trinajstić information content (AvgIpc) is 2.22. The smallest absolute Gasteiger partial charge is 0.145 e. The highest BCUT2D eigenvalue weighted by Gasteiger charge is 2.24. The van der Waals surface area contributed by atoms with E-state index in [1.165, 1.54) is 12.1 Å². The lowest BCUT2D eigenvalue weighted by atomic mass is 10.1. The Morgan fingerprint density at radius 2 is 2.40 bits per heavy atom. The van der Waals surface area contributed by atoms with Crippen molar-refractivity contribution < 1.29 is 14.2 Å². The summed E-state index contributed by atoms with van der Waals surface area (Å²) >= 11 is 0. The van der Waals surface area contributed by atoms with E-state index in [4.69, 9.17) is 9.84 Å². The first-order valence-corrected chi connectivity index (χ1v) is 4.98. The zero-order chi connectivity index (χ0) is 10.8. The number of halogens is 1. The lowest BCUT2D eigenvalue weighted by molar-refractivity contribution is 0.218. The topological polar surface area (TPSA) is 32.7 Å². The van der Waals surface area contributed by atoms with Crippen molar-refractivity contribution in [1.82, 2.24) is 0 Å². The van der Waals surface area contributed by atoms with Crippen LogP contribution in [0.3, 0.4) is 0 Å². The predicted octanol–water partition coefficient (Wildman–Crippen LogP) is 1.41. The molecule has 1 atom stereocenters. The minimum Gasteiger partial charge on any atom is -0.489 e. The second-order valence-corrected chi connectivity index (χ2v) is 3.70. The molecule has 1 aliphatic heterocycles. The van der Waals surface area contributed by atoms with Crippen molar-refractivity contribution in [2.75, 3.05) is 25.2 Å². The zero-order valence-corrected chi connectivity index (χ0v) is 8.61. The van der Waals surface area contributed by atoms with Gasteiger partial charge in [-0.2, -0.15) is 0 Å². The van der Waals surface area contributed by atoms with E-state index in [9.17, 15) is 4.39 Å². The number of hydrogen-bond acceptors (Lipinski definition) is 3. The van der Waals surface area contributed by atoms with Crippen molar-refractivity contribution >= 4 is 5.69 Å². The number of likely N-dealkylation sites (N-methyl/N-ethyl adjacent to an activating group) is 1. The fraction of sp³-hybridized carbons (Fsp3) is 0.455. The molecular formula is C11H14FNO2. The predicted molar refractivity (Wildman–Crippen MR) is 55.8 cm³/mol. The minimum absolute atomic E-state index is 0.134. The lowest BCUT2D eigenvalue weighted by Crippen LogP contribution is -2.40. The summed E-state index contributed by atoms with van der Waals surface area (Å²) in [7, 11) is 1.93. The highest BCUT2D eigenvalue weighted by atomic mass is 19.1. The molecule has 0 radical (unpaired) electrons. The second kappa shape index (κ2) is 4.06. The molecule has 1 aromatic rings. The van der Waals surface area contributed by atoms with Gasteiger partial charge in [0.25, 0.3) is 0 Å². The number of rotatable bonds is 2. The normalized spacial score (nSPS) is 19.7. The maximum atomic E-state index is 12.9. The number of benzene rings is 1. The number of nitrogens with zero attached hydrogens (tertiary/aromatic N) is 1. The molecule has 4 heteroatoms. The lowest BCUT2D eigenvalue weighted by Gasteiger charge is -2.35. The molecule has 3 nitrogen and oxygen atoms in total. The molecule has 0 saturated heterocycles. The maximum Gasteiger partial charge on any atom is 0.145 e. The summed E-state index contributed by atoms with van der Waals surface area (Å²) in [5.41, 5.74) is 0.876. The van der Waals surface area contributed by atoms with Gasteiger partial charge in [-0.3, -0.25) is 0 Å². The van der Waals surface area contributed by atoms with E-state index in [0.717, 1.165) is 5.69 Å². The van der Waals surface area contributed by atoms with Gasteiger partial charge < -0.3 is 14.7 Å². The Balaban J connectivity index is 2.26. The number of ether oxygens (including phenoxy) is 1. The summed E-state index contributed by atoms with van der Waals surface area (Å²) < 4.78 is 18.4. The third-order valence-corrected chi connectivity index (χ3v) is 2.74. The summed E-state index contributed by atoms with van der Waals surface area (Å²) in [6, 6.07) is 4.67. The molecule has 0 amide bonds. The van der Waals surface area contributed by atoms with Crippen LogP contribution in [-0.2, 0) is 0 Å².